The second-order valence-corrected chi connectivity index (χ2v) is 11.6. The number of hydrogen-bond acceptors (Lipinski definition) is 6. The third kappa shape index (κ3) is 7.24. The van der Waals surface area contributed by atoms with Crippen molar-refractivity contribution in [3.05, 3.63) is 86.3 Å². The molecule has 3 heterocycles. The van der Waals surface area contributed by atoms with Gasteiger partial charge in [0.2, 0.25) is 5.91 Å². The molecule has 2 aliphatic heterocycles. The molecule has 9 heteroatoms. The number of H-pyrrole nitrogens is 1. The third-order valence-corrected chi connectivity index (χ3v) is 8.50. The van der Waals surface area contributed by atoms with Gasteiger partial charge < -0.3 is 24.7 Å². The number of anilines is 1. The normalized spacial score (nSPS) is 16.2. The SMILES string of the molecule is CC(=O)N(c1cc(-c2ccc(CN3CCOCC3)cc2)cc(C(=O)NCc2c(C)cc(C)[nH]c2=O)c1C)C1CCOCC1. The van der Waals surface area contributed by atoms with Crippen LogP contribution in [0.2, 0.25) is 0 Å². The average Bonchev–Trinajstić information content (AvgIpc) is 2.99. The fourth-order valence-electron chi connectivity index (χ4n) is 6.10. The maximum absolute atomic E-state index is 13.7. The topological polar surface area (TPSA) is 104 Å². The van der Waals surface area contributed by atoms with E-state index in [1.54, 1.807) is 6.92 Å². The number of carbonyl (C=O) groups excluding carboxylic acids is 2. The summed E-state index contributed by atoms with van der Waals surface area (Å²) in [5.41, 5.74) is 6.87. The minimum absolute atomic E-state index is 0.0132. The van der Waals surface area contributed by atoms with Gasteiger partial charge in [-0.3, -0.25) is 19.3 Å². The lowest BCUT2D eigenvalue weighted by molar-refractivity contribution is -0.117. The van der Waals surface area contributed by atoms with E-state index in [9.17, 15) is 14.4 Å². The highest BCUT2D eigenvalue weighted by Gasteiger charge is 2.28. The van der Waals surface area contributed by atoms with E-state index in [-0.39, 0.29) is 30.0 Å². The first-order chi connectivity index (χ1) is 20.7. The Morgan fingerprint density at radius 1 is 0.953 bits per heavy atom. The van der Waals surface area contributed by atoms with Crippen LogP contribution in [0.1, 0.15) is 58.1 Å². The lowest BCUT2D eigenvalue weighted by Crippen LogP contribution is -2.43. The van der Waals surface area contributed by atoms with E-state index in [2.05, 4.69) is 39.5 Å². The second-order valence-electron chi connectivity index (χ2n) is 11.6. The molecule has 3 aromatic rings. The van der Waals surface area contributed by atoms with Crippen LogP contribution in [0.4, 0.5) is 5.69 Å². The van der Waals surface area contributed by atoms with Crippen molar-refractivity contribution < 1.29 is 19.1 Å². The summed E-state index contributed by atoms with van der Waals surface area (Å²) in [6.07, 6.45) is 1.47. The average molecular weight is 587 g/mol. The zero-order chi connectivity index (χ0) is 30.5. The van der Waals surface area contributed by atoms with Crippen molar-refractivity contribution in [3.8, 4) is 11.1 Å². The number of aryl methyl sites for hydroxylation is 2. The summed E-state index contributed by atoms with van der Waals surface area (Å²) in [6.45, 7) is 12.7. The third-order valence-electron chi connectivity index (χ3n) is 8.50. The van der Waals surface area contributed by atoms with Crippen molar-refractivity contribution >= 4 is 17.5 Å². The van der Waals surface area contributed by atoms with Crippen LogP contribution in [0.15, 0.2) is 47.3 Å². The lowest BCUT2D eigenvalue weighted by atomic mass is 9.94. The molecule has 0 bridgehead atoms. The summed E-state index contributed by atoms with van der Waals surface area (Å²) < 4.78 is 11.1. The number of ether oxygens (including phenoxy) is 2. The molecule has 2 N–H and O–H groups in total. The molecular formula is C34H42N4O5. The molecule has 2 saturated heterocycles. The van der Waals surface area contributed by atoms with Crippen LogP contribution >= 0.6 is 0 Å². The summed E-state index contributed by atoms with van der Waals surface area (Å²) in [4.78, 5) is 46.5. The van der Waals surface area contributed by atoms with E-state index in [4.69, 9.17) is 9.47 Å². The fourth-order valence-corrected chi connectivity index (χ4v) is 6.10. The molecule has 2 amide bonds. The largest absolute Gasteiger partial charge is 0.381 e. The predicted octanol–water partition coefficient (Wildman–Crippen LogP) is 4.26. The maximum Gasteiger partial charge on any atom is 0.253 e. The van der Waals surface area contributed by atoms with Gasteiger partial charge in [0.15, 0.2) is 0 Å². The molecule has 0 unspecified atom stereocenters. The quantitative estimate of drug-likeness (QED) is 0.409. The van der Waals surface area contributed by atoms with Crippen LogP contribution in [0, 0.1) is 20.8 Å². The summed E-state index contributed by atoms with van der Waals surface area (Å²) in [6, 6.07) is 14.2. The Morgan fingerprint density at radius 3 is 2.28 bits per heavy atom. The molecule has 2 aliphatic rings. The van der Waals surface area contributed by atoms with Gasteiger partial charge in [0.05, 0.1) is 13.2 Å². The highest BCUT2D eigenvalue weighted by atomic mass is 16.5. The second kappa shape index (κ2) is 13.7. The minimum atomic E-state index is -0.292. The molecule has 2 aromatic carbocycles. The van der Waals surface area contributed by atoms with Gasteiger partial charge in [0.25, 0.3) is 11.5 Å². The number of nitrogens with one attached hydrogen (secondary N) is 2. The number of carbonyl (C=O) groups is 2. The molecule has 43 heavy (non-hydrogen) atoms. The Bertz CT molecular complexity index is 1520. The maximum atomic E-state index is 13.7. The zero-order valence-corrected chi connectivity index (χ0v) is 25.6. The molecule has 228 valence electrons. The van der Waals surface area contributed by atoms with Gasteiger partial charge in [0.1, 0.15) is 0 Å². The lowest BCUT2D eigenvalue weighted by Gasteiger charge is -2.35. The molecule has 9 nitrogen and oxygen atoms in total. The molecular weight excluding hydrogens is 544 g/mol. The van der Waals surface area contributed by atoms with Gasteiger partial charge in [-0.15, -0.1) is 0 Å². The van der Waals surface area contributed by atoms with Crippen LogP contribution in [-0.4, -0.2) is 67.3 Å². The number of benzene rings is 2. The van der Waals surface area contributed by atoms with E-state index in [0.29, 0.717) is 24.3 Å². The number of rotatable bonds is 8. The Kier molecular flexibility index (Phi) is 9.75. The summed E-state index contributed by atoms with van der Waals surface area (Å²) in [5.74, 6) is -0.361. The van der Waals surface area contributed by atoms with Gasteiger partial charge in [-0.1, -0.05) is 24.3 Å². The van der Waals surface area contributed by atoms with Crippen molar-refractivity contribution in [2.75, 3.05) is 44.4 Å². The van der Waals surface area contributed by atoms with Gasteiger partial charge >= 0.3 is 0 Å². The van der Waals surface area contributed by atoms with Crippen molar-refractivity contribution in [2.45, 2.75) is 59.7 Å². The van der Waals surface area contributed by atoms with Crippen molar-refractivity contribution in [1.82, 2.24) is 15.2 Å². The van der Waals surface area contributed by atoms with E-state index in [1.165, 1.54) is 5.56 Å². The molecule has 5 rings (SSSR count). The van der Waals surface area contributed by atoms with E-state index >= 15 is 0 Å². The number of hydrogen-bond donors (Lipinski definition) is 2. The zero-order valence-electron chi connectivity index (χ0n) is 25.6. The van der Waals surface area contributed by atoms with Gasteiger partial charge in [0, 0.05) is 74.9 Å². The minimum Gasteiger partial charge on any atom is -0.381 e. The monoisotopic (exact) mass is 586 g/mol. The first kappa shape index (κ1) is 30.7. The van der Waals surface area contributed by atoms with Gasteiger partial charge in [-0.25, -0.2) is 0 Å². The molecule has 0 radical (unpaired) electrons. The summed E-state index contributed by atoms with van der Waals surface area (Å²) in [5, 5.41) is 2.97. The number of aromatic nitrogens is 1. The van der Waals surface area contributed by atoms with Crippen LogP contribution in [-0.2, 0) is 27.4 Å². The number of morpholine rings is 1. The molecule has 0 saturated carbocycles. The molecule has 1 aromatic heterocycles. The van der Waals surface area contributed by atoms with Crippen LogP contribution in [0.5, 0.6) is 0 Å². The van der Waals surface area contributed by atoms with E-state index in [1.807, 2.05) is 43.9 Å². The van der Waals surface area contributed by atoms with Crippen molar-refractivity contribution in [1.29, 1.82) is 0 Å². The van der Waals surface area contributed by atoms with Crippen molar-refractivity contribution in [2.24, 2.45) is 0 Å². The smallest absolute Gasteiger partial charge is 0.253 e. The number of nitrogens with zero attached hydrogens (tertiary/aromatic N) is 2. The summed E-state index contributed by atoms with van der Waals surface area (Å²) in [7, 11) is 0. The van der Waals surface area contributed by atoms with Gasteiger partial charge in [-0.05, 0) is 79.6 Å². The Labute approximate surface area is 253 Å². The Morgan fingerprint density at radius 2 is 1.63 bits per heavy atom. The highest BCUT2D eigenvalue weighted by molar-refractivity contribution is 6.01. The number of pyridine rings is 1. The Hall–Kier alpha value is -3.79. The van der Waals surface area contributed by atoms with Crippen LogP contribution < -0.4 is 15.8 Å². The predicted molar refractivity (Wildman–Crippen MR) is 167 cm³/mol. The van der Waals surface area contributed by atoms with Crippen molar-refractivity contribution in [3.63, 3.8) is 0 Å². The Balaban J connectivity index is 1.49. The highest BCUT2D eigenvalue weighted by Crippen LogP contribution is 2.34. The van der Waals surface area contributed by atoms with E-state index in [0.717, 1.165) is 79.3 Å². The molecule has 0 atom stereocenters. The standard InChI is InChI=1S/C34H42N4O5/c1-22-17-23(2)36-34(41)31(22)20-35-33(40)30-18-28(27-7-5-26(6-8-27)21-37-11-15-43-16-12-37)19-32(24(30)3)38(25(4)39)29-9-13-42-14-10-29/h5-8,17-19,29H,9-16,20-21H2,1-4H3,(H,35,40)(H,36,41). The van der Waals surface area contributed by atoms with Crippen LogP contribution in [0.3, 0.4) is 0 Å². The molecule has 0 aliphatic carbocycles. The fraction of sp³-hybridized carbons (Fsp3) is 0.441. The summed E-state index contributed by atoms with van der Waals surface area (Å²) >= 11 is 0. The van der Waals surface area contributed by atoms with Gasteiger partial charge in [-0.2, -0.15) is 0 Å². The first-order valence-electron chi connectivity index (χ1n) is 15.1. The number of amides is 2. The van der Waals surface area contributed by atoms with Crippen LogP contribution in [0.25, 0.3) is 11.1 Å². The first-order valence-corrected chi connectivity index (χ1v) is 15.1. The number of aromatic amines is 1. The molecule has 2 fully saturated rings. The molecule has 0 spiro atoms. The van der Waals surface area contributed by atoms with E-state index < -0.39 is 0 Å².